The Bertz CT molecular complexity index is 1710. The van der Waals surface area contributed by atoms with Crippen LogP contribution in [-0.4, -0.2) is 56.4 Å². The minimum Gasteiger partial charge on any atom is -0.497 e. The van der Waals surface area contributed by atoms with E-state index in [1.807, 2.05) is 13.0 Å². The van der Waals surface area contributed by atoms with Crippen molar-refractivity contribution in [3.8, 4) is 28.6 Å². The number of halogens is 3. The highest BCUT2D eigenvalue weighted by Gasteiger charge is 2.32. The number of amidine groups is 1. The molecule has 1 aromatic heterocycles. The molecule has 0 saturated carbocycles. The molecule has 10 nitrogen and oxygen atoms in total. The quantitative estimate of drug-likeness (QED) is 0.163. The zero-order valence-electron chi connectivity index (χ0n) is 22.6. The first-order valence-electron chi connectivity index (χ1n) is 12.5. The fraction of sp³-hybridized carbons (Fsp3) is 0.143. The van der Waals surface area contributed by atoms with Gasteiger partial charge in [-0.05, 0) is 72.7 Å². The molecule has 1 saturated heterocycles. The number of carbonyl (C=O) groups is 1. The summed E-state index contributed by atoms with van der Waals surface area (Å²) in [5.74, 6) is 0.940. The Balaban J connectivity index is 1.20. The molecule has 43 heavy (non-hydrogen) atoms. The van der Waals surface area contributed by atoms with Gasteiger partial charge in [-0.2, -0.15) is 10.1 Å². The van der Waals surface area contributed by atoms with Gasteiger partial charge in [0.2, 0.25) is 11.0 Å². The van der Waals surface area contributed by atoms with Gasteiger partial charge in [0.1, 0.15) is 17.8 Å². The van der Waals surface area contributed by atoms with Crippen LogP contribution in [0, 0.1) is 6.92 Å². The van der Waals surface area contributed by atoms with Crippen molar-refractivity contribution in [2.75, 3.05) is 17.8 Å². The molecule has 3 aromatic carbocycles. The maximum Gasteiger partial charge on any atom is 0.573 e. The highest BCUT2D eigenvalue weighted by molar-refractivity contribution is 8.15. The second kappa shape index (κ2) is 12.6. The first-order valence-corrected chi connectivity index (χ1v) is 13.9. The smallest absolute Gasteiger partial charge is 0.497 e. The third kappa shape index (κ3) is 7.37. The summed E-state index contributed by atoms with van der Waals surface area (Å²) in [5, 5.41) is 9.09. The number of thioether (sulfide) groups is 1. The number of methoxy groups -OCH3 is 1. The van der Waals surface area contributed by atoms with E-state index >= 15 is 0 Å². The van der Waals surface area contributed by atoms with Gasteiger partial charge >= 0.3 is 6.36 Å². The van der Waals surface area contributed by atoms with Crippen molar-refractivity contribution >= 4 is 52.1 Å². The molecule has 1 fully saturated rings. The van der Waals surface area contributed by atoms with E-state index in [4.69, 9.17) is 17.0 Å². The Kier molecular flexibility index (Phi) is 8.73. The number of aliphatic imine (C=N–C) groups is 1. The number of ether oxygens (including phenoxy) is 2. The predicted molar refractivity (Wildman–Crippen MR) is 162 cm³/mol. The van der Waals surface area contributed by atoms with Crippen LogP contribution in [0.2, 0.25) is 0 Å². The Hall–Kier alpha value is -4.76. The number of rotatable bonds is 7. The molecular formula is C28H22F3N7O3S2. The van der Waals surface area contributed by atoms with E-state index in [1.165, 1.54) is 51.9 Å². The SMILES string of the molecule is COc1ccc(N2C(=O)CSC2=NC(=S)N/N=C/c2ccc(-c3ncn(-c4ccc(OC(F)(F)F)cc4)n3)cc2)c(C)c1. The molecule has 220 valence electrons. The topological polar surface area (TPSA) is 106 Å². The van der Waals surface area contributed by atoms with Crippen molar-refractivity contribution in [3.05, 3.63) is 84.2 Å². The van der Waals surface area contributed by atoms with Crippen LogP contribution >= 0.6 is 24.0 Å². The lowest BCUT2D eigenvalue weighted by molar-refractivity contribution is -0.274. The molecule has 0 aliphatic carbocycles. The Labute approximate surface area is 253 Å². The molecule has 0 bridgehead atoms. The zero-order chi connectivity index (χ0) is 30.6. The van der Waals surface area contributed by atoms with Crippen molar-refractivity contribution in [1.29, 1.82) is 0 Å². The summed E-state index contributed by atoms with van der Waals surface area (Å²) in [6.07, 6.45) is -1.74. The van der Waals surface area contributed by atoms with E-state index in [1.54, 1.807) is 49.7 Å². The predicted octanol–water partition coefficient (Wildman–Crippen LogP) is 5.49. The lowest BCUT2D eigenvalue weighted by Gasteiger charge is -2.19. The van der Waals surface area contributed by atoms with Gasteiger partial charge in [-0.1, -0.05) is 36.0 Å². The fourth-order valence-corrected chi connectivity index (χ4v) is 5.06. The monoisotopic (exact) mass is 625 g/mol. The Morgan fingerprint density at radius 3 is 2.49 bits per heavy atom. The number of alkyl halides is 3. The summed E-state index contributed by atoms with van der Waals surface area (Å²) in [4.78, 5) is 22.8. The van der Waals surface area contributed by atoms with Gasteiger partial charge in [0.25, 0.3) is 0 Å². The molecule has 0 unspecified atom stereocenters. The minimum atomic E-state index is -4.76. The molecule has 5 rings (SSSR count). The van der Waals surface area contributed by atoms with Gasteiger partial charge in [0.05, 0.1) is 30.5 Å². The molecule has 0 radical (unpaired) electrons. The standard InChI is InChI=1S/C28H22F3N7O3S2/c1-17-13-22(40-2)11-12-23(17)38-24(39)15-43-27(38)34-26(42)35-33-14-18-3-5-19(6-4-18)25-32-16-37(36-25)20-7-9-21(10-8-20)41-28(29,30)31/h3-14,16H,15H2,1-2H3,(H,35,42)/b33-14+,34-27?. The maximum absolute atomic E-state index is 12.6. The molecule has 2 heterocycles. The minimum absolute atomic E-state index is 0.0916. The van der Waals surface area contributed by atoms with Crippen molar-refractivity contribution in [1.82, 2.24) is 20.2 Å². The van der Waals surface area contributed by atoms with E-state index < -0.39 is 6.36 Å². The van der Waals surface area contributed by atoms with Gasteiger partial charge < -0.3 is 9.47 Å². The van der Waals surface area contributed by atoms with E-state index in [0.717, 1.165) is 16.7 Å². The number of aryl methyl sites for hydroxylation is 1. The average Bonchev–Trinajstić information content (AvgIpc) is 3.60. The zero-order valence-corrected chi connectivity index (χ0v) is 24.2. The molecule has 15 heteroatoms. The van der Waals surface area contributed by atoms with Crippen LogP contribution in [0.4, 0.5) is 18.9 Å². The van der Waals surface area contributed by atoms with Crippen molar-refractivity contribution in [3.63, 3.8) is 0 Å². The van der Waals surface area contributed by atoms with Crippen LogP contribution in [0.15, 0.2) is 83.2 Å². The lowest BCUT2D eigenvalue weighted by atomic mass is 10.1. The molecule has 1 N–H and O–H groups in total. The maximum atomic E-state index is 12.6. The molecule has 1 aliphatic heterocycles. The number of hydrogen-bond acceptors (Lipinski definition) is 8. The van der Waals surface area contributed by atoms with Crippen LogP contribution in [0.3, 0.4) is 0 Å². The van der Waals surface area contributed by atoms with Crippen LogP contribution in [0.1, 0.15) is 11.1 Å². The summed E-state index contributed by atoms with van der Waals surface area (Å²) in [7, 11) is 1.58. The molecular weight excluding hydrogens is 603 g/mol. The van der Waals surface area contributed by atoms with Crippen LogP contribution in [-0.2, 0) is 4.79 Å². The summed E-state index contributed by atoms with van der Waals surface area (Å²) < 4.78 is 47.7. The largest absolute Gasteiger partial charge is 0.573 e. The van der Waals surface area contributed by atoms with E-state index in [2.05, 4.69) is 30.3 Å². The Morgan fingerprint density at radius 1 is 1.09 bits per heavy atom. The molecule has 1 aliphatic rings. The van der Waals surface area contributed by atoms with Crippen LogP contribution in [0.25, 0.3) is 17.1 Å². The molecule has 1 amide bonds. The summed E-state index contributed by atoms with van der Waals surface area (Å²) in [6, 6.07) is 17.9. The molecule has 4 aromatic rings. The van der Waals surface area contributed by atoms with E-state index in [0.29, 0.717) is 28.1 Å². The van der Waals surface area contributed by atoms with Crippen LogP contribution in [0.5, 0.6) is 11.5 Å². The number of aromatic nitrogens is 3. The van der Waals surface area contributed by atoms with E-state index in [-0.39, 0.29) is 22.5 Å². The highest BCUT2D eigenvalue weighted by atomic mass is 32.2. The fourth-order valence-electron chi connectivity index (χ4n) is 4.00. The number of carbonyl (C=O) groups excluding carboxylic acids is 1. The number of amides is 1. The third-order valence-electron chi connectivity index (χ3n) is 5.98. The average molecular weight is 626 g/mol. The number of nitrogens with one attached hydrogen (secondary N) is 1. The van der Waals surface area contributed by atoms with Crippen molar-refractivity contribution < 1.29 is 27.4 Å². The van der Waals surface area contributed by atoms with Gasteiger partial charge in [0.15, 0.2) is 11.0 Å². The number of anilines is 1. The summed E-state index contributed by atoms with van der Waals surface area (Å²) >= 11 is 6.61. The number of benzene rings is 3. The second-order valence-corrected chi connectivity index (χ2v) is 10.2. The Morgan fingerprint density at radius 2 is 1.81 bits per heavy atom. The number of hydrogen-bond donors (Lipinski definition) is 1. The number of hydrazone groups is 1. The summed E-state index contributed by atoms with van der Waals surface area (Å²) in [6.45, 7) is 1.89. The van der Waals surface area contributed by atoms with Crippen molar-refractivity contribution in [2.45, 2.75) is 13.3 Å². The number of nitrogens with zero attached hydrogens (tertiary/aromatic N) is 6. The van der Waals surface area contributed by atoms with Gasteiger partial charge in [-0.25, -0.2) is 9.67 Å². The summed E-state index contributed by atoms with van der Waals surface area (Å²) in [5.41, 5.74) is 6.26. The van der Waals surface area contributed by atoms with Gasteiger partial charge in [0, 0.05) is 5.56 Å². The van der Waals surface area contributed by atoms with Gasteiger partial charge in [-0.3, -0.25) is 15.1 Å². The first-order chi connectivity index (χ1) is 20.6. The highest BCUT2D eigenvalue weighted by Crippen LogP contribution is 2.31. The molecule has 0 atom stereocenters. The van der Waals surface area contributed by atoms with Crippen LogP contribution < -0.4 is 19.8 Å². The number of thiocarbonyl (C=S) groups is 1. The molecule has 0 spiro atoms. The second-order valence-electron chi connectivity index (χ2n) is 8.92. The van der Waals surface area contributed by atoms with Crippen molar-refractivity contribution in [2.24, 2.45) is 10.1 Å². The van der Waals surface area contributed by atoms with Gasteiger partial charge in [-0.15, -0.1) is 18.3 Å². The normalized spacial score (nSPS) is 14.5. The first kappa shape index (κ1) is 29.7. The van der Waals surface area contributed by atoms with E-state index in [9.17, 15) is 18.0 Å². The lowest BCUT2D eigenvalue weighted by Crippen LogP contribution is -2.31. The third-order valence-corrected chi connectivity index (χ3v) is 7.08.